The minimum absolute atomic E-state index is 0. The first-order valence-corrected chi connectivity index (χ1v) is 9.19. The Hall–Kier alpha value is -0.620. The molecule has 0 radical (unpaired) electrons. The standard InChI is InChI=1S/C17H29N3OS.ClH/c1-20(2)15(16-9-6-10-22-16)12-19-17(21)14(18)11-13-7-4-3-5-8-13;/h6,9-10,13-15H,3-5,7-8,11-12,18H2,1-2H3,(H,19,21);1H. The van der Waals surface area contributed by atoms with E-state index in [-0.39, 0.29) is 30.4 Å². The predicted octanol–water partition coefficient (Wildman–Crippen LogP) is 3.19. The van der Waals surface area contributed by atoms with Gasteiger partial charge in [-0.15, -0.1) is 23.7 Å². The van der Waals surface area contributed by atoms with Gasteiger partial charge in [0.25, 0.3) is 0 Å². The van der Waals surface area contributed by atoms with Gasteiger partial charge in [0.15, 0.2) is 0 Å². The fourth-order valence-corrected chi connectivity index (χ4v) is 4.16. The van der Waals surface area contributed by atoms with Crippen LogP contribution in [0.4, 0.5) is 0 Å². The molecule has 2 rings (SSSR count). The lowest BCUT2D eigenvalue weighted by atomic mass is 9.85. The highest BCUT2D eigenvalue weighted by atomic mass is 35.5. The van der Waals surface area contributed by atoms with E-state index in [4.69, 9.17) is 5.73 Å². The lowest BCUT2D eigenvalue weighted by Gasteiger charge is -2.26. The predicted molar refractivity (Wildman–Crippen MR) is 100 cm³/mol. The summed E-state index contributed by atoms with van der Waals surface area (Å²) in [7, 11) is 4.08. The van der Waals surface area contributed by atoms with E-state index in [0.29, 0.717) is 12.5 Å². The zero-order valence-corrected chi connectivity index (χ0v) is 15.8. The number of rotatable bonds is 7. The first kappa shape index (κ1) is 20.4. The number of halogens is 1. The summed E-state index contributed by atoms with van der Waals surface area (Å²) in [5, 5.41) is 5.11. The number of amides is 1. The first-order valence-electron chi connectivity index (χ1n) is 8.31. The maximum atomic E-state index is 12.3. The molecule has 0 aromatic carbocycles. The van der Waals surface area contributed by atoms with Gasteiger partial charge in [-0.3, -0.25) is 4.79 Å². The Morgan fingerprint density at radius 2 is 2.09 bits per heavy atom. The van der Waals surface area contributed by atoms with Crippen LogP contribution in [0.5, 0.6) is 0 Å². The molecule has 23 heavy (non-hydrogen) atoms. The second-order valence-corrected chi connectivity index (χ2v) is 7.57. The van der Waals surface area contributed by atoms with Crippen molar-refractivity contribution in [1.29, 1.82) is 0 Å². The van der Waals surface area contributed by atoms with Crippen molar-refractivity contribution in [2.24, 2.45) is 11.7 Å². The van der Waals surface area contributed by atoms with Crippen LogP contribution in [0.3, 0.4) is 0 Å². The summed E-state index contributed by atoms with van der Waals surface area (Å²) >= 11 is 1.72. The fourth-order valence-electron chi connectivity index (χ4n) is 3.24. The van der Waals surface area contributed by atoms with E-state index in [1.807, 2.05) is 20.2 Å². The Morgan fingerprint density at radius 3 is 2.65 bits per heavy atom. The van der Waals surface area contributed by atoms with Gasteiger partial charge in [-0.25, -0.2) is 0 Å². The number of likely N-dealkylation sites (N-methyl/N-ethyl adjacent to an activating group) is 1. The average molecular weight is 360 g/mol. The Bertz CT molecular complexity index is 447. The van der Waals surface area contributed by atoms with Crippen LogP contribution in [-0.2, 0) is 4.79 Å². The van der Waals surface area contributed by atoms with Crippen molar-refractivity contribution in [3.63, 3.8) is 0 Å². The van der Waals surface area contributed by atoms with E-state index in [9.17, 15) is 4.79 Å². The lowest BCUT2D eigenvalue weighted by Crippen LogP contribution is -2.44. The molecule has 1 amide bonds. The Labute approximate surface area is 150 Å². The molecule has 1 aliphatic carbocycles. The summed E-state index contributed by atoms with van der Waals surface area (Å²) in [4.78, 5) is 15.7. The monoisotopic (exact) mass is 359 g/mol. The molecule has 1 saturated carbocycles. The Kier molecular flexibility index (Phi) is 9.14. The number of nitrogens with one attached hydrogen (secondary N) is 1. The van der Waals surface area contributed by atoms with Gasteiger partial charge in [0.2, 0.25) is 5.91 Å². The van der Waals surface area contributed by atoms with Crippen molar-refractivity contribution in [3.8, 4) is 0 Å². The number of hydrogen-bond donors (Lipinski definition) is 2. The van der Waals surface area contributed by atoms with Crippen LogP contribution in [0, 0.1) is 5.92 Å². The number of nitrogens with zero attached hydrogens (tertiary/aromatic N) is 1. The summed E-state index contributed by atoms with van der Waals surface area (Å²) in [6.07, 6.45) is 7.22. The molecule has 1 aromatic rings. The highest BCUT2D eigenvalue weighted by molar-refractivity contribution is 7.10. The number of carbonyl (C=O) groups excluding carboxylic acids is 1. The van der Waals surface area contributed by atoms with E-state index in [1.165, 1.54) is 37.0 Å². The molecule has 1 fully saturated rings. The van der Waals surface area contributed by atoms with Gasteiger partial charge in [-0.1, -0.05) is 38.2 Å². The molecule has 0 aliphatic heterocycles. The molecule has 132 valence electrons. The molecule has 1 aliphatic rings. The van der Waals surface area contributed by atoms with Crippen LogP contribution < -0.4 is 11.1 Å². The second-order valence-electron chi connectivity index (χ2n) is 6.59. The smallest absolute Gasteiger partial charge is 0.236 e. The highest BCUT2D eigenvalue weighted by Crippen LogP contribution is 2.27. The topological polar surface area (TPSA) is 58.4 Å². The van der Waals surface area contributed by atoms with Crippen LogP contribution >= 0.6 is 23.7 Å². The maximum absolute atomic E-state index is 12.3. The van der Waals surface area contributed by atoms with Gasteiger partial charge in [0.1, 0.15) is 0 Å². The van der Waals surface area contributed by atoms with Gasteiger partial charge in [0, 0.05) is 11.4 Å². The molecule has 3 N–H and O–H groups in total. The summed E-state index contributed by atoms with van der Waals surface area (Å²) < 4.78 is 0. The van der Waals surface area contributed by atoms with Gasteiger partial charge in [0.05, 0.1) is 12.1 Å². The SMILES string of the molecule is CN(C)C(CNC(=O)C(N)CC1CCCCC1)c1cccs1.Cl. The molecule has 2 unspecified atom stereocenters. The van der Waals surface area contributed by atoms with E-state index < -0.39 is 0 Å². The van der Waals surface area contributed by atoms with Crippen LogP contribution in [0.1, 0.15) is 49.4 Å². The first-order chi connectivity index (χ1) is 10.6. The van der Waals surface area contributed by atoms with Gasteiger partial charge in [-0.2, -0.15) is 0 Å². The lowest BCUT2D eigenvalue weighted by molar-refractivity contribution is -0.123. The molecule has 2 atom stereocenters. The fraction of sp³-hybridized carbons (Fsp3) is 0.706. The Morgan fingerprint density at radius 1 is 1.39 bits per heavy atom. The highest BCUT2D eigenvalue weighted by Gasteiger charge is 2.22. The maximum Gasteiger partial charge on any atom is 0.236 e. The van der Waals surface area contributed by atoms with E-state index in [1.54, 1.807) is 11.3 Å². The zero-order valence-electron chi connectivity index (χ0n) is 14.2. The third-order valence-corrected chi connectivity index (χ3v) is 5.59. The third-order valence-electron chi connectivity index (χ3n) is 4.61. The quantitative estimate of drug-likeness (QED) is 0.786. The molecule has 1 aromatic heterocycles. The van der Waals surface area contributed by atoms with E-state index >= 15 is 0 Å². The van der Waals surface area contributed by atoms with E-state index in [0.717, 1.165) is 6.42 Å². The molecular formula is C17H30ClN3OS. The summed E-state index contributed by atoms with van der Waals surface area (Å²) in [6, 6.07) is 4.01. The van der Waals surface area contributed by atoms with Crippen LogP contribution in [-0.4, -0.2) is 37.5 Å². The average Bonchev–Trinajstić information content (AvgIpc) is 3.02. The van der Waals surface area contributed by atoms with Crippen molar-refractivity contribution in [1.82, 2.24) is 10.2 Å². The molecule has 0 bridgehead atoms. The molecule has 6 heteroatoms. The molecular weight excluding hydrogens is 330 g/mol. The van der Waals surface area contributed by atoms with Crippen LogP contribution in [0.25, 0.3) is 0 Å². The van der Waals surface area contributed by atoms with Crippen molar-refractivity contribution in [2.75, 3.05) is 20.6 Å². The van der Waals surface area contributed by atoms with Gasteiger partial charge >= 0.3 is 0 Å². The summed E-state index contributed by atoms with van der Waals surface area (Å²) in [6.45, 7) is 0.616. The van der Waals surface area contributed by atoms with Gasteiger partial charge < -0.3 is 16.0 Å². The third kappa shape index (κ3) is 6.42. The zero-order chi connectivity index (χ0) is 15.9. The van der Waals surface area contributed by atoms with Crippen molar-refractivity contribution >= 4 is 29.7 Å². The number of nitrogens with two attached hydrogens (primary N) is 1. The number of carbonyl (C=O) groups is 1. The minimum atomic E-state index is -0.366. The van der Waals surface area contributed by atoms with Gasteiger partial charge in [-0.05, 0) is 37.9 Å². The van der Waals surface area contributed by atoms with Crippen LogP contribution in [0.2, 0.25) is 0 Å². The van der Waals surface area contributed by atoms with Crippen molar-refractivity contribution < 1.29 is 4.79 Å². The summed E-state index contributed by atoms with van der Waals surface area (Å²) in [5.74, 6) is 0.630. The molecule has 4 nitrogen and oxygen atoms in total. The Balaban J connectivity index is 0.00000264. The largest absolute Gasteiger partial charge is 0.353 e. The van der Waals surface area contributed by atoms with E-state index in [2.05, 4.69) is 21.7 Å². The number of hydrogen-bond acceptors (Lipinski definition) is 4. The minimum Gasteiger partial charge on any atom is -0.353 e. The van der Waals surface area contributed by atoms with Crippen molar-refractivity contribution in [3.05, 3.63) is 22.4 Å². The van der Waals surface area contributed by atoms with Crippen molar-refractivity contribution in [2.45, 2.75) is 50.6 Å². The molecule has 0 saturated heterocycles. The molecule has 1 heterocycles. The normalized spacial score (nSPS) is 18.3. The number of thiophene rings is 1. The second kappa shape index (κ2) is 10.3. The molecule has 0 spiro atoms. The summed E-state index contributed by atoms with van der Waals surface area (Å²) in [5.41, 5.74) is 6.11. The van der Waals surface area contributed by atoms with Crippen LogP contribution in [0.15, 0.2) is 17.5 Å².